The van der Waals surface area contributed by atoms with E-state index < -0.39 is 0 Å². The van der Waals surface area contributed by atoms with Crippen molar-refractivity contribution < 1.29 is 9.63 Å². The molecule has 0 bridgehead atoms. The lowest BCUT2D eigenvalue weighted by molar-refractivity contribution is 0.141. The van der Waals surface area contributed by atoms with Crippen molar-refractivity contribution in [1.29, 1.82) is 0 Å². The summed E-state index contributed by atoms with van der Waals surface area (Å²) in [6.45, 7) is 1.88. The monoisotopic (exact) mass is 183 g/mol. The van der Waals surface area contributed by atoms with Crippen LogP contribution in [0.3, 0.4) is 0 Å². The molecule has 0 saturated carbocycles. The van der Waals surface area contributed by atoms with E-state index in [2.05, 4.69) is 15.0 Å². The summed E-state index contributed by atoms with van der Waals surface area (Å²) < 4.78 is 4.90. The minimum absolute atomic E-state index is 0.216. The van der Waals surface area contributed by atoms with Crippen molar-refractivity contribution in [3.05, 3.63) is 12.2 Å². The van der Waals surface area contributed by atoms with Crippen molar-refractivity contribution >= 4 is 0 Å². The zero-order valence-corrected chi connectivity index (χ0v) is 7.39. The molecule has 0 amide bonds. The van der Waals surface area contributed by atoms with Crippen LogP contribution in [0, 0.1) is 0 Å². The van der Waals surface area contributed by atoms with Crippen molar-refractivity contribution in [2.24, 2.45) is 0 Å². The minimum atomic E-state index is 0.216. The Labute approximate surface area is 76.4 Å². The molecule has 1 N–H and O–H groups in total. The molecule has 0 aliphatic carbocycles. The molecule has 0 unspecified atom stereocenters. The van der Waals surface area contributed by atoms with Gasteiger partial charge < -0.3 is 9.63 Å². The Bertz CT molecular complexity index is 250. The number of aliphatic hydroxyl groups excluding tert-OH is 1. The molecule has 1 aromatic heterocycles. The van der Waals surface area contributed by atoms with Crippen molar-refractivity contribution in [2.45, 2.75) is 25.4 Å². The van der Waals surface area contributed by atoms with Crippen molar-refractivity contribution in [3.63, 3.8) is 0 Å². The number of nitrogens with zero attached hydrogens (tertiary/aromatic N) is 3. The Kier molecular flexibility index (Phi) is 2.56. The highest BCUT2D eigenvalue weighted by molar-refractivity contribution is 4.83. The van der Waals surface area contributed by atoms with Gasteiger partial charge in [-0.15, -0.1) is 0 Å². The molecule has 2 heterocycles. The van der Waals surface area contributed by atoms with Gasteiger partial charge in [0, 0.05) is 6.04 Å². The van der Waals surface area contributed by atoms with Gasteiger partial charge >= 0.3 is 0 Å². The molecule has 72 valence electrons. The Morgan fingerprint density at radius 3 is 3.31 bits per heavy atom. The van der Waals surface area contributed by atoms with Crippen molar-refractivity contribution in [3.8, 4) is 0 Å². The molecule has 0 spiro atoms. The van der Waals surface area contributed by atoms with Crippen molar-refractivity contribution in [2.75, 3.05) is 13.2 Å². The molecule has 0 aromatic carbocycles. The van der Waals surface area contributed by atoms with E-state index in [0.717, 1.165) is 19.4 Å². The van der Waals surface area contributed by atoms with Gasteiger partial charge in [0.2, 0.25) is 5.89 Å². The third kappa shape index (κ3) is 1.87. The maximum Gasteiger partial charge on any atom is 0.240 e. The van der Waals surface area contributed by atoms with Gasteiger partial charge in [-0.05, 0) is 19.4 Å². The molecule has 1 aliphatic rings. The highest BCUT2D eigenvalue weighted by Gasteiger charge is 2.24. The second kappa shape index (κ2) is 3.85. The van der Waals surface area contributed by atoms with Crippen LogP contribution in [0.1, 0.15) is 18.7 Å². The van der Waals surface area contributed by atoms with Gasteiger partial charge in [0.1, 0.15) is 0 Å². The zero-order chi connectivity index (χ0) is 9.10. The maximum atomic E-state index is 9.06. The molecule has 2 rings (SSSR count). The van der Waals surface area contributed by atoms with Gasteiger partial charge in [-0.25, -0.2) is 0 Å². The molecule has 13 heavy (non-hydrogen) atoms. The van der Waals surface area contributed by atoms with E-state index in [1.807, 2.05) is 0 Å². The summed E-state index contributed by atoms with van der Waals surface area (Å²) in [4.78, 5) is 6.12. The summed E-state index contributed by atoms with van der Waals surface area (Å²) in [5, 5.41) is 12.6. The van der Waals surface area contributed by atoms with Gasteiger partial charge in [-0.2, -0.15) is 4.98 Å². The highest BCUT2D eigenvalue weighted by Crippen LogP contribution is 2.18. The van der Waals surface area contributed by atoms with Crippen LogP contribution in [-0.4, -0.2) is 39.3 Å². The third-order valence-corrected chi connectivity index (χ3v) is 2.46. The fourth-order valence-electron chi connectivity index (χ4n) is 1.75. The highest BCUT2D eigenvalue weighted by atomic mass is 16.5. The molecule has 5 heteroatoms. The van der Waals surface area contributed by atoms with Crippen LogP contribution in [0.15, 0.2) is 10.9 Å². The third-order valence-electron chi connectivity index (χ3n) is 2.46. The van der Waals surface area contributed by atoms with E-state index >= 15 is 0 Å². The SMILES string of the molecule is OC[C@@H]1CCCN1Cc1ncno1. The Hall–Kier alpha value is -0.940. The molecule has 1 aliphatic heterocycles. The standard InChI is InChI=1S/C8H13N3O2/c12-5-7-2-1-3-11(7)4-8-9-6-10-13-8/h6-7,12H,1-5H2/t7-/m0/s1. The molecular weight excluding hydrogens is 170 g/mol. The van der Waals surface area contributed by atoms with Gasteiger partial charge in [0.05, 0.1) is 13.2 Å². The van der Waals surface area contributed by atoms with E-state index in [-0.39, 0.29) is 12.6 Å². The number of likely N-dealkylation sites (tertiary alicyclic amines) is 1. The lowest BCUT2D eigenvalue weighted by Crippen LogP contribution is -2.31. The fourth-order valence-corrected chi connectivity index (χ4v) is 1.75. The Morgan fingerprint density at radius 2 is 2.62 bits per heavy atom. The summed E-state index contributed by atoms with van der Waals surface area (Å²) in [5.41, 5.74) is 0. The Morgan fingerprint density at radius 1 is 1.69 bits per heavy atom. The topological polar surface area (TPSA) is 62.4 Å². The fraction of sp³-hybridized carbons (Fsp3) is 0.750. The number of aromatic nitrogens is 2. The van der Waals surface area contributed by atoms with Crippen LogP contribution in [0.25, 0.3) is 0 Å². The average molecular weight is 183 g/mol. The summed E-state index contributed by atoms with van der Waals surface area (Å²) in [6.07, 6.45) is 3.60. The van der Waals surface area contributed by atoms with E-state index in [0.29, 0.717) is 12.4 Å². The first-order valence-electron chi connectivity index (χ1n) is 4.50. The van der Waals surface area contributed by atoms with Crippen LogP contribution in [0.4, 0.5) is 0 Å². The van der Waals surface area contributed by atoms with Crippen LogP contribution < -0.4 is 0 Å². The largest absolute Gasteiger partial charge is 0.395 e. The van der Waals surface area contributed by atoms with Crippen LogP contribution in [-0.2, 0) is 6.54 Å². The van der Waals surface area contributed by atoms with E-state index in [1.54, 1.807) is 0 Å². The number of aliphatic hydroxyl groups is 1. The summed E-state index contributed by atoms with van der Waals surface area (Å²) in [5.74, 6) is 0.625. The first-order chi connectivity index (χ1) is 6.40. The first kappa shape index (κ1) is 8.65. The van der Waals surface area contributed by atoms with Crippen molar-refractivity contribution in [1.82, 2.24) is 15.0 Å². The van der Waals surface area contributed by atoms with Crippen LogP contribution in [0.5, 0.6) is 0 Å². The predicted octanol–water partition coefficient (Wildman–Crippen LogP) is 0.0263. The molecule has 1 aromatic rings. The van der Waals surface area contributed by atoms with E-state index in [4.69, 9.17) is 9.63 Å². The van der Waals surface area contributed by atoms with Gasteiger partial charge in [-0.1, -0.05) is 5.16 Å². The van der Waals surface area contributed by atoms with Crippen LogP contribution in [0.2, 0.25) is 0 Å². The lowest BCUT2D eigenvalue weighted by Gasteiger charge is -2.19. The molecule has 0 radical (unpaired) electrons. The Balaban J connectivity index is 1.94. The second-order valence-corrected chi connectivity index (χ2v) is 3.28. The summed E-state index contributed by atoms with van der Waals surface area (Å²) >= 11 is 0. The van der Waals surface area contributed by atoms with E-state index in [9.17, 15) is 0 Å². The second-order valence-electron chi connectivity index (χ2n) is 3.28. The van der Waals surface area contributed by atoms with Gasteiger partial charge in [0.15, 0.2) is 6.33 Å². The maximum absolute atomic E-state index is 9.06. The molecule has 1 fully saturated rings. The first-order valence-corrected chi connectivity index (χ1v) is 4.50. The number of hydrogen-bond donors (Lipinski definition) is 1. The predicted molar refractivity (Wildman–Crippen MR) is 44.8 cm³/mol. The zero-order valence-electron chi connectivity index (χ0n) is 7.39. The molecule has 5 nitrogen and oxygen atoms in total. The number of hydrogen-bond acceptors (Lipinski definition) is 5. The number of rotatable bonds is 3. The molecule has 1 atom stereocenters. The normalized spacial score (nSPS) is 23.9. The van der Waals surface area contributed by atoms with E-state index in [1.165, 1.54) is 6.33 Å². The summed E-state index contributed by atoms with van der Waals surface area (Å²) in [6, 6.07) is 0.270. The molecule has 1 saturated heterocycles. The quantitative estimate of drug-likeness (QED) is 0.716. The van der Waals surface area contributed by atoms with Gasteiger partial charge in [0.25, 0.3) is 0 Å². The van der Waals surface area contributed by atoms with Crippen LogP contribution >= 0.6 is 0 Å². The average Bonchev–Trinajstić information content (AvgIpc) is 2.76. The minimum Gasteiger partial charge on any atom is -0.395 e. The molecular formula is C8H13N3O2. The lowest BCUT2D eigenvalue weighted by atomic mass is 10.2. The van der Waals surface area contributed by atoms with Gasteiger partial charge in [-0.3, -0.25) is 4.90 Å². The smallest absolute Gasteiger partial charge is 0.240 e. The summed E-state index contributed by atoms with van der Waals surface area (Å²) in [7, 11) is 0.